The first-order chi connectivity index (χ1) is 14.7. The molecule has 154 valence electrons. The van der Waals surface area contributed by atoms with Gasteiger partial charge in [-0.1, -0.05) is 33.8 Å². The van der Waals surface area contributed by atoms with Crippen molar-refractivity contribution in [3.63, 3.8) is 0 Å². The SMILES string of the molecule is O=C(NCc1ccccn1)[C@@H]1CCCN(c2ccc(Sc3ccc(Br)cc3)nn2)C1. The maximum absolute atomic E-state index is 12.6. The number of carbonyl (C=O) groups is 1. The van der Waals surface area contributed by atoms with Gasteiger partial charge in [-0.15, -0.1) is 10.2 Å². The van der Waals surface area contributed by atoms with Crippen molar-refractivity contribution in [1.82, 2.24) is 20.5 Å². The number of hydrogen-bond acceptors (Lipinski definition) is 6. The fourth-order valence-corrected chi connectivity index (χ4v) is 4.38. The summed E-state index contributed by atoms with van der Waals surface area (Å²) in [4.78, 5) is 20.1. The molecule has 4 rings (SSSR count). The van der Waals surface area contributed by atoms with Crippen LogP contribution in [0, 0.1) is 5.92 Å². The Balaban J connectivity index is 1.33. The van der Waals surface area contributed by atoms with E-state index in [1.54, 1.807) is 18.0 Å². The van der Waals surface area contributed by atoms with E-state index in [0.29, 0.717) is 13.1 Å². The van der Waals surface area contributed by atoms with Crippen LogP contribution in [-0.4, -0.2) is 34.2 Å². The third-order valence-electron chi connectivity index (χ3n) is 4.95. The van der Waals surface area contributed by atoms with Gasteiger partial charge in [0.05, 0.1) is 18.2 Å². The average molecular weight is 484 g/mol. The Morgan fingerprint density at radius 2 is 2.00 bits per heavy atom. The lowest BCUT2D eigenvalue weighted by Gasteiger charge is -2.32. The molecule has 0 spiro atoms. The van der Waals surface area contributed by atoms with Gasteiger partial charge in [-0.25, -0.2) is 0 Å². The van der Waals surface area contributed by atoms with Crippen LogP contribution < -0.4 is 10.2 Å². The number of rotatable bonds is 6. The number of pyridine rings is 1. The van der Waals surface area contributed by atoms with Gasteiger partial charge < -0.3 is 10.2 Å². The van der Waals surface area contributed by atoms with Crippen LogP contribution in [0.4, 0.5) is 5.82 Å². The van der Waals surface area contributed by atoms with Crippen molar-refractivity contribution in [2.75, 3.05) is 18.0 Å². The molecule has 8 heteroatoms. The Hall–Kier alpha value is -2.45. The molecule has 30 heavy (non-hydrogen) atoms. The van der Waals surface area contributed by atoms with Crippen molar-refractivity contribution in [1.29, 1.82) is 0 Å². The Morgan fingerprint density at radius 3 is 2.73 bits per heavy atom. The molecule has 1 aliphatic heterocycles. The van der Waals surface area contributed by atoms with Gasteiger partial charge >= 0.3 is 0 Å². The Bertz CT molecular complexity index is 969. The van der Waals surface area contributed by atoms with Gasteiger partial charge in [0, 0.05) is 28.7 Å². The Morgan fingerprint density at radius 1 is 1.13 bits per heavy atom. The molecule has 1 amide bonds. The molecule has 1 aliphatic rings. The van der Waals surface area contributed by atoms with Crippen LogP contribution in [-0.2, 0) is 11.3 Å². The third kappa shape index (κ3) is 5.58. The molecule has 1 N–H and O–H groups in total. The Kier molecular flexibility index (Phi) is 6.96. The summed E-state index contributed by atoms with van der Waals surface area (Å²) in [6, 6.07) is 17.8. The van der Waals surface area contributed by atoms with Gasteiger partial charge in [0.15, 0.2) is 5.82 Å². The highest BCUT2D eigenvalue weighted by Crippen LogP contribution is 2.28. The largest absolute Gasteiger partial charge is 0.354 e. The molecular formula is C22H22BrN5OS. The van der Waals surface area contributed by atoms with E-state index in [1.165, 1.54) is 0 Å². The minimum atomic E-state index is -0.0546. The van der Waals surface area contributed by atoms with Crippen LogP contribution in [0.5, 0.6) is 0 Å². The molecule has 1 saturated heterocycles. The summed E-state index contributed by atoms with van der Waals surface area (Å²) in [5.74, 6) is 0.833. The Labute approximate surface area is 188 Å². The van der Waals surface area contributed by atoms with E-state index >= 15 is 0 Å². The zero-order valence-electron chi connectivity index (χ0n) is 16.4. The first-order valence-electron chi connectivity index (χ1n) is 9.87. The van der Waals surface area contributed by atoms with Gasteiger partial charge in [-0.05, 0) is 61.4 Å². The number of benzene rings is 1. The number of aromatic nitrogens is 3. The topological polar surface area (TPSA) is 71.0 Å². The van der Waals surface area contributed by atoms with Gasteiger partial charge in [-0.2, -0.15) is 0 Å². The van der Waals surface area contributed by atoms with Gasteiger partial charge in [0.2, 0.25) is 5.91 Å². The van der Waals surface area contributed by atoms with Crippen molar-refractivity contribution in [3.8, 4) is 0 Å². The number of carbonyl (C=O) groups excluding carboxylic acids is 1. The highest BCUT2D eigenvalue weighted by atomic mass is 79.9. The molecule has 6 nitrogen and oxygen atoms in total. The summed E-state index contributed by atoms with van der Waals surface area (Å²) in [7, 11) is 0. The predicted octanol–water partition coefficient (Wildman–Crippen LogP) is 4.32. The molecule has 3 heterocycles. The van der Waals surface area contributed by atoms with Crippen LogP contribution in [0.2, 0.25) is 0 Å². The van der Waals surface area contributed by atoms with Crippen molar-refractivity contribution < 1.29 is 4.79 Å². The number of piperidine rings is 1. The van der Waals surface area contributed by atoms with Crippen LogP contribution in [0.15, 0.2) is 75.2 Å². The molecule has 0 bridgehead atoms. The van der Waals surface area contributed by atoms with E-state index < -0.39 is 0 Å². The van der Waals surface area contributed by atoms with E-state index in [9.17, 15) is 4.79 Å². The first-order valence-corrected chi connectivity index (χ1v) is 11.5. The van der Waals surface area contributed by atoms with Crippen molar-refractivity contribution in [2.24, 2.45) is 5.92 Å². The summed E-state index contributed by atoms with van der Waals surface area (Å²) >= 11 is 5.03. The van der Waals surface area contributed by atoms with Crippen LogP contribution in [0.3, 0.4) is 0 Å². The quantitative estimate of drug-likeness (QED) is 0.562. The first kappa shape index (κ1) is 20.8. The number of amides is 1. The second-order valence-electron chi connectivity index (χ2n) is 7.11. The van der Waals surface area contributed by atoms with Crippen LogP contribution in [0.25, 0.3) is 0 Å². The second kappa shape index (κ2) is 10.0. The van der Waals surface area contributed by atoms with E-state index in [1.807, 2.05) is 54.6 Å². The number of anilines is 1. The summed E-state index contributed by atoms with van der Waals surface area (Å²) in [6.07, 6.45) is 3.58. The fraction of sp³-hybridized carbons (Fsp3) is 0.273. The molecule has 0 unspecified atom stereocenters. The summed E-state index contributed by atoms with van der Waals surface area (Å²) < 4.78 is 1.05. The minimum absolute atomic E-state index is 0.0546. The number of nitrogens with zero attached hydrogens (tertiary/aromatic N) is 4. The van der Waals surface area contributed by atoms with E-state index in [0.717, 1.165) is 45.3 Å². The zero-order chi connectivity index (χ0) is 20.8. The van der Waals surface area contributed by atoms with E-state index in [2.05, 4.69) is 41.3 Å². The maximum atomic E-state index is 12.6. The minimum Gasteiger partial charge on any atom is -0.354 e. The molecule has 0 radical (unpaired) electrons. The number of hydrogen-bond donors (Lipinski definition) is 1. The van der Waals surface area contributed by atoms with Crippen molar-refractivity contribution in [3.05, 3.63) is 71.0 Å². The van der Waals surface area contributed by atoms with Crippen LogP contribution >= 0.6 is 27.7 Å². The highest BCUT2D eigenvalue weighted by Gasteiger charge is 2.26. The smallest absolute Gasteiger partial charge is 0.225 e. The maximum Gasteiger partial charge on any atom is 0.225 e. The highest BCUT2D eigenvalue weighted by molar-refractivity contribution is 9.10. The summed E-state index contributed by atoms with van der Waals surface area (Å²) in [5.41, 5.74) is 0.864. The predicted molar refractivity (Wildman–Crippen MR) is 121 cm³/mol. The number of nitrogens with one attached hydrogen (secondary N) is 1. The van der Waals surface area contributed by atoms with Gasteiger partial charge in [0.1, 0.15) is 5.03 Å². The number of halogens is 1. The standard InChI is InChI=1S/C22H22BrN5OS/c23-17-6-8-19(9-7-17)30-21-11-10-20(26-27-21)28-13-3-4-16(15-28)22(29)25-14-18-5-1-2-12-24-18/h1-2,5-12,16H,3-4,13-15H2,(H,25,29)/t16-/m1/s1. The van der Waals surface area contributed by atoms with Gasteiger partial charge in [0.25, 0.3) is 0 Å². The molecule has 2 aromatic heterocycles. The molecule has 1 aromatic carbocycles. The second-order valence-corrected chi connectivity index (χ2v) is 9.12. The summed E-state index contributed by atoms with van der Waals surface area (Å²) in [5, 5.41) is 12.6. The van der Waals surface area contributed by atoms with Crippen molar-refractivity contribution in [2.45, 2.75) is 29.3 Å². The zero-order valence-corrected chi connectivity index (χ0v) is 18.8. The lowest BCUT2D eigenvalue weighted by Crippen LogP contribution is -2.43. The molecule has 0 aliphatic carbocycles. The fourth-order valence-electron chi connectivity index (χ4n) is 3.38. The summed E-state index contributed by atoms with van der Waals surface area (Å²) in [6.45, 7) is 2.00. The average Bonchev–Trinajstić information content (AvgIpc) is 2.80. The third-order valence-corrected chi connectivity index (χ3v) is 6.41. The normalized spacial score (nSPS) is 16.3. The molecular weight excluding hydrogens is 462 g/mol. The van der Waals surface area contributed by atoms with Crippen molar-refractivity contribution >= 4 is 39.4 Å². The van der Waals surface area contributed by atoms with Crippen LogP contribution in [0.1, 0.15) is 18.5 Å². The molecule has 1 fully saturated rings. The molecule has 3 aromatic rings. The lowest BCUT2D eigenvalue weighted by molar-refractivity contribution is -0.125. The van der Waals surface area contributed by atoms with E-state index in [4.69, 9.17) is 0 Å². The van der Waals surface area contributed by atoms with Gasteiger partial charge in [-0.3, -0.25) is 9.78 Å². The monoisotopic (exact) mass is 483 g/mol. The lowest BCUT2D eigenvalue weighted by atomic mass is 9.97. The van der Waals surface area contributed by atoms with E-state index in [-0.39, 0.29) is 11.8 Å². The molecule has 0 saturated carbocycles. The molecule has 1 atom stereocenters.